The van der Waals surface area contributed by atoms with Crippen molar-refractivity contribution in [1.29, 1.82) is 0 Å². The maximum absolute atomic E-state index is 12.6. The number of allylic oxidation sites excluding steroid dienone is 1. The van der Waals surface area contributed by atoms with E-state index in [1.807, 2.05) is 20.8 Å². The molecule has 1 amide bonds. The molecule has 1 aliphatic rings. The fourth-order valence-corrected chi connectivity index (χ4v) is 3.44. The number of Topliss-reactive ketones (excluding diaryl/α,β-unsaturated/α-hetero) is 1. The summed E-state index contributed by atoms with van der Waals surface area (Å²) in [6.45, 7) is 9.06. The normalized spacial score (nSPS) is 20.9. The predicted molar refractivity (Wildman–Crippen MR) is 104 cm³/mol. The standard InChI is InChI=1S/C21H35NO5/c1-7-8-9-10-11-17-14-16(18(15(2)23)19(24)26-6)12-13-22(17)20(25)27-21(3,4)5/h12-13,16-18H,7-11,14H2,1-6H3/t16-,17+,18?/m0/s1. The minimum atomic E-state index is -0.829. The minimum Gasteiger partial charge on any atom is -0.468 e. The van der Waals surface area contributed by atoms with Crippen LogP contribution in [0.2, 0.25) is 0 Å². The van der Waals surface area contributed by atoms with Gasteiger partial charge < -0.3 is 9.47 Å². The van der Waals surface area contributed by atoms with E-state index in [4.69, 9.17) is 9.47 Å². The lowest BCUT2D eigenvalue weighted by Crippen LogP contribution is -2.45. The van der Waals surface area contributed by atoms with E-state index in [-0.39, 0.29) is 17.7 Å². The average molecular weight is 382 g/mol. The molecule has 27 heavy (non-hydrogen) atoms. The van der Waals surface area contributed by atoms with Gasteiger partial charge in [-0.25, -0.2) is 4.79 Å². The van der Waals surface area contributed by atoms with Gasteiger partial charge in [0.05, 0.1) is 7.11 Å². The molecule has 0 bridgehead atoms. The van der Waals surface area contributed by atoms with Crippen LogP contribution in [0.5, 0.6) is 0 Å². The first-order valence-electron chi connectivity index (χ1n) is 9.88. The van der Waals surface area contributed by atoms with Crippen LogP contribution in [0.4, 0.5) is 4.79 Å². The molecule has 6 nitrogen and oxygen atoms in total. The van der Waals surface area contributed by atoms with Crippen LogP contribution >= 0.6 is 0 Å². The highest BCUT2D eigenvalue weighted by Gasteiger charge is 2.38. The average Bonchev–Trinajstić information content (AvgIpc) is 2.57. The van der Waals surface area contributed by atoms with Gasteiger partial charge in [0.15, 0.2) is 0 Å². The summed E-state index contributed by atoms with van der Waals surface area (Å²) >= 11 is 0. The SMILES string of the molecule is CCCCCC[C@@H]1C[C@@H](C(C(C)=O)C(=O)OC)C=CN1C(=O)OC(C)(C)C. The maximum Gasteiger partial charge on any atom is 0.414 e. The lowest BCUT2D eigenvalue weighted by atomic mass is 9.81. The van der Waals surface area contributed by atoms with Crippen LogP contribution in [0.25, 0.3) is 0 Å². The number of hydrogen-bond donors (Lipinski definition) is 0. The number of unbranched alkanes of at least 4 members (excludes halogenated alkanes) is 3. The summed E-state index contributed by atoms with van der Waals surface area (Å²) in [6, 6.07) is -0.0989. The molecule has 1 heterocycles. The highest BCUT2D eigenvalue weighted by Crippen LogP contribution is 2.31. The van der Waals surface area contributed by atoms with Gasteiger partial charge in [-0.2, -0.15) is 0 Å². The summed E-state index contributed by atoms with van der Waals surface area (Å²) in [5.41, 5.74) is -0.581. The Morgan fingerprint density at radius 2 is 1.85 bits per heavy atom. The third-order valence-corrected chi connectivity index (χ3v) is 4.75. The Morgan fingerprint density at radius 3 is 2.37 bits per heavy atom. The molecular weight excluding hydrogens is 346 g/mol. The second-order valence-corrected chi connectivity index (χ2v) is 8.24. The number of nitrogens with zero attached hydrogens (tertiary/aromatic N) is 1. The highest BCUT2D eigenvalue weighted by molar-refractivity contribution is 5.98. The first kappa shape index (κ1) is 23.2. The second-order valence-electron chi connectivity index (χ2n) is 8.24. The topological polar surface area (TPSA) is 72.9 Å². The molecule has 1 unspecified atom stereocenters. The molecule has 0 spiro atoms. The van der Waals surface area contributed by atoms with Crippen molar-refractivity contribution in [3.8, 4) is 0 Å². The van der Waals surface area contributed by atoms with Gasteiger partial charge in [-0.1, -0.05) is 38.7 Å². The number of carbonyl (C=O) groups excluding carboxylic acids is 3. The summed E-state index contributed by atoms with van der Waals surface area (Å²) < 4.78 is 10.3. The fraction of sp³-hybridized carbons (Fsp3) is 0.762. The number of methoxy groups -OCH3 is 1. The van der Waals surface area contributed by atoms with Crippen molar-refractivity contribution in [2.24, 2.45) is 11.8 Å². The van der Waals surface area contributed by atoms with Crippen LogP contribution in [-0.2, 0) is 19.1 Å². The van der Waals surface area contributed by atoms with Gasteiger partial charge in [-0.05, 0) is 40.5 Å². The maximum atomic E-state index is 12.6. The number of rotatable bonds is 8. The van der Waals surface area contributed by atoms with Gasteiger partial charge >= 0.3 is 12.1 Å². The van der Waals surface area contributed by atoms with E-state index in [9.17, 15) is 14.4 Å². The van der Waals surface area contributed by atoms with Crippen molar-refractivity contribution in [3.05, 3.63) is 12.3 Å². The molecule has 0 aromatic heterocycles. The molecule has 0 saturated heterocycles. The molecule has 0 fully saturated rings. The van der Waals surface area contributed by atoms with E-state index in [0.29, 0.717) is 6.42 Å². The van der Waals surface area contributed by atoms with Crippen molar-refractivity contribution in [2.45, 2.75) is 84.8 Å². The van der Waals surface area contributed by atoms with E-state index in [2.05, 4.69) is 6.92 Å². The zero-order valence-electron chi connectivity index (χ0n) is 17.6. The summed E-state index contributed by atoms with van der Waals surface area (Å²) in [4.78, 5) is 38.3. The molecule has 154 valence electrons. The summed E-state index contributed by atoms with van der Waals surface area (Å²) in [6.07, 6.45) is 8.76. The first-order chi connectivity index (χ1) is 12.6. The molecule has 0 saturated carbocycles. The Labute approximate surface area is 163 Å². The van der Waals surface area contributed by atoms with E-state index in [1.54, 1.807) is 17.2 Å². The molecule has 6 heteroatoms. The number of carbonyl (C=O) groups is 3. The van der Waals surface area contributed by atoms with Crippen molar-refractivity contribution < 1.29 is 23.9 Å². The van der Waals surface area contributed by atoms with E-state index in [1.165, 1.54) is 14.0 Å². The fourth-order valence-electron chi connectivity index (χ4n) is 3.44. The number of amides is 1. The summed E-state index contributed by atoms with van der Waals surface area (Å²) in [7, 11) is 1.29. The van der Waals surface area contributed by atoms with Gasteiger partial charge in [0.2, 0.25) is 0 Å². The highest BCUT2D eigenvalue weighted by atomic mass is 16.6. The molecule has 0 aliphatic carbocycles. The largest absolute Gasteiger partial charge is 0.468 e. The third-order valence-electron chi connectivity index (χ3n) is 4.75. The van der Waals surface area contributed by atoms with Crippen LogP contribution in [0, 0.1) is 11.8 Å². The predicted octanol–water partition coefficient (Wildman–Crippen LogP) is 4.47. The Kier molecular flexibility index (Phi) is 9.00. The van der Waals surface area contributed by atoms with Crippen LogP contribution in [-0.4, -0.2) is 41.5 Å². The van der Waals surface area contributed by atoms with Crippen LogP contribution in [0.1, 0.15) is 73.1 Å². The molecule has 0 N–H and O–H groups in total. The Hall–Kier alpha value is -1.85. The van der Waals surface area contributed by atoms with E-state index in [0.717, 1.165) is 32.1 Å². The number of hydrogen-bond acceptors (Lipinski definition) is 5. The monoisotopic (exact) mass is 381 g/mol. The van der Waals surface area contributed by atoms with Gasteiger partial charge in [0.1, 0.15) is 17.3 Å². The second kappa shape index (κ2) is 10.5. The van der Waals surface area contributed by atoms with Crippen molar-refractivity contribution in [2.75, 3.05) is 7.11 Å². The quantitative estimate of drug-likeness (QED) is 0.352. The molecule has 1 aliphatic heterocycles. The van der Waals surface area contributed by atoms with Gasteiger partial charge in [-0.15, -0.1) is 0 Å². The number of ether oxygens (including phenoxy) is 2. The van der Waals surface area contributed by atoms with E-state index >= 15 is 0 Å². The Balaban J connectivity index is 2.99. The van der Waals surface area contributed by atoms with Crippen LogP contribution in [0.15, 0.2) is 12.3 Å². The van der Waals surface area contributed by atoms with Crippen molar-refractivity contribution >= 4 is 17.8 Å². The zero-order chi connectivity index (χ0) is 20.6. The van der Waals surface area contributed by atoms with Crippen LogP contribution in [0.3, 0.4) is 0 Å². The van der Waals surface area contributed by atoms with Gasteiger partial charge in [-0.3, -0.25) is 14.5 Å². The number of ketones is 1. The van der Waals surface area contributed by atoms with E-state index < -0.39 is 23.6 Å². The first-order valence-corrected chi connectivity index (χ1v) is 9.88. The van der Waals surface area contributed by atoms with Gasteiger partial charge in [0, 0.05) is 18.2 Å². The molecule has 0 radical (unpaired) electrons. The van der Waals surface area contributed by atoms with Crippen molar-refractivity contribution in [3.63, 3.8) is 0 Å². The molecule has 1 rings (SSSR count). The molecule has 0 aromatic carbocycles. The smallest absolute Gasteiger partial charge is 0.414 e. The third kappa shape index (κ3) is 7.35. The van der Waals surface area contributed by atoms with Gasteiger partial charge in [0.25, 0.3) is 0 Å². The minimum absolute atomic E-state index is 0.0989. The lowest BCUT2D eigenvalue weighted by molar-refractivity contribution is -0.150. The summed E-state index contributed by atoms with van der Waals surface area (Å²) in [5, 5.41) is 0. The Morgan fingerprint density at radius 1 is 1.19 bits per heavy atom. The number of esters is 1. The zero-order valence-corrected chi connectivity index (χ0v) is 17.6. The molecule has 3 atom stereocenters. The Bertz CT molecular complexity index is 549. The van der Waals surface area contributed by atoms with Crippen LogP contribution < -0.4 is 0 Å². The van der Waals surface area contributed by atoms with Crippen molar-refractivity contribution in [1.82, 2.24) is 4.90 Å². The molecular formula is C21H35NO5. The lowest BCUT2D eigenvalue weighted by Gasteiger charge is -2.37. The molecule has 0 aromatic rings. The summed E-state index contributed by atoms with van der Waals surface area (Å²) in [5.74, 6) is -1.84.